The molecule has 0 bridgehead atoms. The zero-order valence-electron chi connectivity index (χ0n) is 20.6. The Bertz CT molecular complexity index is 856. The molecule has 7 atom stereocenters. The van der Waals surface area contributed by atoms with E-state index in [2.05, 4.69) is 26.0 Å². The molecule has 0 aromatic heterocycles. The van der Waals surface area contributed by atoms with Gasteiger partial charge < -0.3 is 30.6 Å². The van der Waals surface area contributed by atoms with Crippen molar-refractivity contribution in [2.24, 2.45) is 11.8 Å². The predicted octanol–water partition coefficient (Wildman–Crippen LogP) is 2.04. The van der Waals surface area contributed by atoms with Crippen LogP contribution in [0.3, 0.4) is 0 Å². The van der Waals surface area contributed by atoms with Crippen molar-refractivity contribution in [2.75, 3.05) is 6.61 Å². The number of hydrogen-bond acceptors (Lipinski definition) is 6. The summed E-state index contributed by atoms with van der Waals surface area (Å²) in [4.78, 5) is 0. The minimum absolute atomic E-state index is 0.00779. The highest BCUT2D eigenvalue weighted by molar-refractivity contribution is 5.28. The van der Waals surface area contributed by atoms with E-state index in [1.54, 1.807) is 0 Å². The van der Waals surface area contributed by atoms with Crippen molar-refractivity contribution < 1.29 is 30.6 Å². The highest BCUT2D eigenvalue weighted by Gasteiger charge is 2.39. The molecule has 2 aromatic carbocycles. The highest BCUT2D eigenvalue weighted by atomic mass is 16.4. The van der Waals surface area contributed by atoms with Crippen LogP contribution in [-0.2, 0) is 25.7 Å². The molecule has 3 unspecified atom stereocenters. The summed E-state index contributed by atoms with van der Waals surface area (Å²) < 4.78 is 0. The topological polar surface area (TPSA) is 121 Å². The molecule has 6 heteroatoms. The summed E-state index contributed by atoms with van der Waals surface area (Å²) >= 11 is 0. The Kier molecular flexibility index (Phi) is 11.6. The maximum atomic E-state index is 11.2. The largest absolute Gasteiger partial charge is 0.394 e. The fourth-order valence-electron chi connectivity index (χ4n) is 4.75. The van der Waals surface area contributed by atoms with Gasteiger partial charge in [-0.25, -0.2) is 0 Å². The summed E-state index contributed by atoms with van der Waals surface area (Å²) in [6.07, 6.45) is -4.31. The Morgan fingerprint density at radius 3 is 1.65 bits per heavy atom. The number of aliphatic hydroxyl groups is 6. The van der Waals surface area contributed by atoms with Crippen LogP contribution >= 0.6 is 0 Å². The third-order valence-corrected chi connectivity index (χ3v) is 7.12. The first-order chi connectivity index (χ1) is 16.2. The van der Waals surface area contributed by atoms with Crippen LogP contribution in [0.5, 0.6) is 0 Å². The van der Waals surface area contributed by atoms with Crippen molar-refractivity contribution in [3.8, 4) is 0 Å². The van der Waals surface area contributed by atoms with Crippen molar-refractivity contribution in [1.82, 2.24) is 0 Å². The fourth-order valence-corrected chi connectivity index (χ4v) is 4.75. The fraction of sp³-hybridized carbons (Fsp3) is 0.571. The van der Waals surface area contributed by atoms with Crippen LogP contribution in [-0.4, -0.2) is 67.8 Å². The van der Waals surface area contributed by atoms with Crippen LogP contribution in [0, 0.1) is 11.8 Å². The average Bonchev–Trinajstić information content (AvgIpc) is 2.88. The lowest BCUT2D eigenvalue weighted by molar-refractivity contribution is -0.152. The molecule has 0 radical (unpaired) electrons. The Labute approximate surface area is 203 Å². The molecule has 0 aliphatic carbocycles. The quantitative estimate of drug-likeness (QED) is 0.249. The smallest absolute Gasteiger partial charge is 0.111 e. The maximum absolute atomic E-state index is 11.2. The van der Waals surface area contributed by atoms with E-state index in [1.165, 1.54) is 11.1 Å². The highest BCUT2D eigenvalue weighted by Crippen LogP contribution is 2.30. The maximum Gasteiger partial charge on any atom is 0.111 e. The van der Waals surface area contributed by atoms with Gasteiger partial charge in [-0.3, -0.25) is 0 Å². The van der Waals surface area contributed by atoms with E-state index in [9.17, 15) is 25.5 Å². The molecule has 0 saturated heterocycles. The van der Waals surface area contributed by atoms with Crippen molar-refractivity contribution in [3.05, 3.63) is 70.8 Å². The number of hydrogen-bond donors (Lipinski definition) is 6. The second kappa shape index (κ2) is 13.9. The van der Waals surface area contributed by atoms with E-state index in [4.69, 9.17) is 5.11 Å². The molecule has 0 aliphatic rings. The summed E-state index contributed by atoms with van der Waals surface area (Å²) in [6.45, 7) is 5.47. The first-order valence-electron chi connectivity index (χ1n) is 12.4. The van der Waals surface area contributed by atoms with Gasteiger partial charge in [-0.2, -0.15) is 0 Å². The summed E-state index contributed by atoms with van der Waals surface area (Å²) in [7, 11) is 0. The molecular weight excluding hydrogens is 432 g/mol. The third kappa shape index (κ3) is 7.35. The molecular formula is C28H42O6. The van der Waals surface area contributed by atoms with Crippen LogP contribution in [0.1, 0.15) is 49.4 Å². The van der Waals surface area contributed by atoms with Gasteiger partial charge in [-0.1, -0.05) is 69.3 Å². The number of aliphatic hydroxyl groups excluding tert-OH is 6. The van der Waals surface area contributed by atoms with Gasteiger partial charge in [0, 0.05) is 0 Å². The van der Waals surface area contributed by atoms with E-state index in [-0.39, 0.29) is 5.92 Å². The van der Waals surface area contributed by atoms with E-state index < -0.39 is 43.0 Å². The van der Waals surface area contributed by atoms with Gasteiger partial charge in [0.25, 0.3) is 0 Å². The lowest BCUT2D eigenvalue weighted by Crippen LogP contribution is -2.52. The molecule has 0 heterocycles. The molecule has 2 aromatic rings. The normalized spacial score (nSPS) is 18.0. The first kappa shape index (κ1) is 28.4. The van der Waals surface area contributed by atoms with Crippen molar-refractivity contribution >= 4 is 0 Å². The average molecular weight is 475 g/mol. The van der Waals surface area contributed by atoms with Crippen LogP contribution in [0.15, 0.2) is 48.5 Å². The molecule has 0 saturated carbocycles. The van der Waals surface area contributed by atoms with Crippen LogP contribution in [0.25, 0.3) is 0 Å². The molecule has 0 amide bonds. The molecule has 6 nitrogen and oxygen atoms in total. The van der Waals surface area contributed by atoms with Gasteiger partial charge in [0.15, 0.2) is 0 Å². The Morgan fingerprint density at radius 1 is 0.647 bits per heavy atom. The summed E-state index contributed by atoms with van der Waals surface area (Å²) in [5, 5.41) is 61.2. The van der Waals surface area contributed by atoms with Gasteiger partial charge in [0.1, 0.15) is 24.4 Å². The molecule has 34 heavy (non-hydrogen) atoms. The predicted molar refractivity (Wildman–Crippen MR) is 133 cm³/mol. The summed E-state index contributed by atoms with van der Waals surface area (Å²) in [6, 6.07) is 16.3. The number of benzene rings is 2. The molecule has 6 N–H and O–H groups in total. The minimum atomic E-state index is -1.80. The van der Waals surface area contributed by atoms with Gasteiger partial charge >= 0.3 is 0 Å². The summed E-state index contributed by atoms with van der Waals surface area (Å²) in [5.74, 6) is -0.406. The van der Waals surface area contributed by atoms with Crippen molar-refractivity contribution in [2.45, 2.75) is 83.4 Å². The van der Waals surface area contributed by atoms with E-state index >= 15 is 0 Å². The van der Waals surface area contributed by atoms with Crippen molar-refractivity contribution in [3.63, 3.8) is 0 Å². The monoisotopic (exact) mass is 474 g/mol. The first-order valence-corrected chi connectivity index (χ1v) is 12.4. The number of rotatable bonds is 14. The van der Waals surface area contributed by atoms with Gasteiger partial charge in [0.05, 0.1) is 12.7 Å². The van der Waals surface area contributed by atoms with Gasteiger partial charge in [-0.15, -0.1) is 0 Å². The van der Waals surface area contributed by atoms with E-state index in [1.807, 2.05) is 43.3 Å². The van der Waals surface area contributed by atoms with Crippen LogP contribution in [0.4, 0.5) is 0 Å². The Hall–Kier alpha value is -1.80. The van der Waals surface area contributed by atoms with E-state index in [0.29, 0.717) is 6.42 Å². The molecule has 0 spiro atoms. The standard InChI is InChI=1S/C28H42O6/c1-4-19-10-6-8-12-21(19)15-14-18(3)23(16-22-13-9-7-11-20(22)5-2)25(31)27(33)28(34)26(32)24(30)17-29/h6-13,18,23-34H,4-5,14-17H2,1-3H3/t18?,23?,24-,25?,26+,27+,28-/m0/s1. The molecule has 2 rings (SSSR count). The van der Waals surface area contributed by atoms with Crippen LogP contribution < -0.4 is 0 Å². The van der Waals surface area contributed by atoms with Gasteiger partial charge in [-0.05, 0) is 66.2 Å². The molecule has 0 fully saturated rings. The number of aryl methyl sites for hydroxylation is 3. The second-order valence-electron chi connectivity index (χ2n) is 9.34. The van der Waals surface area contributed by atoms with Gasteiger partial charge in [0.2, 0.25) is 0 Å². The molecule has 190 valence electrons. The third-order valence-electron chi connectivity index (χ3n) is 7.12. The second-order valence-corrected chi connectivity index (χ2v) is 9.34. The summed E-state index contributed by atoms with van der Waals surface area (Å²) in [5.41, 5.74) is 4.79. The SMILES string of the molecule is CCc1ccccc1CCC(C)C(Cc1ccccc1CC)C(O)[C@@H](O)[C@@H](O)[C@H](O)[C@@H](O)CO. The Balaban J connectivity index is 2.27. The molecule has 0 aliphatic heterocycles. The zero-order valence-corrected chi connectivity index (χ0v) is 20.6. The van der Waals surface area contributed by atoms with Crippen molar-refractivity contribution in [1.29, 1.82) is 0 Å². The van der Waals surface area contributed by atoms with Crippen LogP contribution in [0.2, 0.25) is 0 Å². The zero-order chi connectivity index (χ0) is 25.3. The lowest BCUT2D eigenvalue weighted by atomic mass is 9.77. The van der Waals surface area contributed by atoms with E-state index in [0.717, 1.165) is 36.8 Å². The lowest BCUT2D eigenvalue weighted by Gasteiger charge is -2.35. The minimum Gasteiger partial charge on any atom is -0.394 e. The Morgan fingerprint density at radius 2 is 1.12 bits per heavy atom.